The Labute approximate surface area is 192 Å². The number of hydrogen-bond donors (Lipinski definition) is 1. The lowest BCUT2D eigenvalue weighted by Crippen LogP contribution is -2.20. The van der Waals surface area contributed by atoms with Gasteiger partial charge in [-0.2, -0.15) is 5.10 Å². The highest BCUT2D eigenvalue weighted by atomic mass is 16.5. The second-order valence-electron chi connectivity index (χ2n) is 8.04. The van der Waals surface area contributed by atoms with Gasteiger partial charge >= 0.3 is 0 Å². The van der Waals surface area contributed by atoms with Crippen molar-refractivity contribution in [3.05, 3.63) is 84.2 Å². The maximum atomic E-state index is 5.50. The van der Waals surface area contributed by atoms with Gasteiger partial charge in [-0.3, -0.25) is 4.98 Å². The number of aromatic nitrogens is 6. The molecular weight excluding hydrogens is 413 g/mol. The van der Waals surface area contributed by atoms with Crippen LogP contribution in [0.2, 0.25) is 0 Å². The van der Waals surface area contributed by atoms with Gasteiger partial charge in [0.2, 0.25) is 0 Å². The van der Waals surface area contributed by atoms with E-state index in [2.05, 4.69) is 33.9 Å². The van der Waals surface area contributed by atoms with E-state index in [-0.39, 0.29) is 0 Å². The fourth-order valence-electron chi connectivity index (χ4n) is 3.97. The first-order chi connectivity index (χ1) is 16.1. The second kappa shape index (κ2) is 8.87. The molecule has 4 heterocycles. The number of imidazole rings is 1. The van der Waals surface area contributed by atoms with Crippen LogP contribution in [0, 0.1) is 6.92 Å². The number of nitrogens with one attached hydrogen (secondary N) is 1. The van der Waals surface area contributed by atoms with Crippen molar-refractivity contribution in [1.29, 1.82) is 0 Å². The van der Waals surface area contributed by atoms with Crippen molar-refractivity contribution in [2.24, 2.45) is 0 Å². The van der Waals surface area contributed by atoms with Gasteiger partial charge in [-0.25, -0.2) is 14.5 Å². The fourth-order valence-corrected chi connectivity index (χ4v) is 3.97. The van der Waals surface area contributed by atoms with Gasteiger partial charge in [0, 0.05) is 36.1 Å². The van der Waals surface area contributed by atoms with Crippen molar-refractivity contribution < 1.29 is 4.74 Å². The third-order valence-corrected chi connectivity index (χ3v) is 5.50. The number of para-hydroxylation sites is 1. The summed E-state index contributed by atoms with van der Waals surface area (Å²) in [5.41, 5.74) is 6.40. The van der Waals surface area contributed by atoms with Crippen molar-refractivity contribution in [2.75, 3.05) is 7.11 Å². The molecule has 0 saturated heterocycles. The molecule has 0 radical (unpaired) electrons. The van der Waals surface area contributed by atoms with Crippen LogP contribution in [0.3, 0.4) is 0 Å². The number of ether oxygens (including phenoxy) is 1. The smallest absolute Gasteiger partial charge is 0.186 e. The average Bonchev–Trinajstić information content (AvgIpc) is 3.46. The number of rotatable bonds is 7. The van der Waals surface area contributed by atoms with Crippen molar-refractivity contribution in [3.8, 4) is 28.4 Å². The van der Waals surface area contributed by atoms with Crippen LogP contribution in [-0.2, 0) is 13.1 Å². The van der Waals surface area contributed by atoms with Crippen LogP contribution in [0.15, 0.2) is 67.1 Å². The molecule has 33 heavy (non-hydrogen) atoms. The van der Waals surface area contributed by atoms with Gasteiger partial charge in [0.1, 0.15) is 23.6 Å². The van der Waals surface area contributed by atoms with E-state index < -0.39 is 0 Å². The van der Waals surface area contributed by atoms with Crippen LogP contribution < -0.4 is 4.74 Å². The zero-order valence-corrected chi connectivity index (χ0v) is 18.9. The van der Waals surface area contributed by atoms with Gasteiger partial charge in [0.15, 0.2) is 13.6 Å². The number of pyridine rings is 2. The zero-order chi connectivity index (χ0) is 22.8. The Balaban J connectivity index is 1.50. The van der Waals surface area contributed by atoms with Gasteiger partial charge in [0.25, 0.3) is 0 Å². The minimum atomic E-state index is 0.641. The molecule has 1 aromatic carbocycles. The normalized spacial score (nSPS) is 11.4. The largest absolute Gasteiger partial charge is 0.496 e. The molecule has 8 nitrogen and oxygen atoms in total. The minimum absolute atomic E-state index is 0.641. The lowest BCUT2D eigenvalue weighted by atomic mass is 10.1. The predicted octanol–water partition coefficient (Wildman–Crippen LogP) is 3.05. The third-order valence-electron chi connectivity index (χ3n) is 5.50. The third kappa shape index (κ3) is 4.35. The Morgan fingerprint density at radius 1 is 1.03 bits per heavy atom. The molecule has 0 fully saturated rings. The summed E-state index contributed by atoms with van der Waals surface area (Å²) in [7, 11) is 3.77. The number of H-pyrrole nitrogens is 1. The summed E-state index contributed by atoms with van der Waals surface area (Å²) in [6.45, 7) is 3.37. The summed E-state index contributed by atoms with van der Waals surface area (Å²) < 4.78 is 7.26. The first-order valence-electron chi connectivity index (χ1n) is 10.7. The van der Waals surface area contributed by atoms with Crippen LogP contribution in [0.4, 0.5) is 0 Å². The first-order valence-corrected chi connectivity index (χ1v) is 10.7. The maximum absolute atomic E-state index is 5.50. The molecule has 5 rings (SSSR count). The monoisotopic (exact) mass is 437 g/mol. The summed E-state index contributed by atoms with van der Waals surface area (Å²) in [5, 5.41) is 4.28. The molecule has 5 aromatic rings. The standard InChI is InChI=1S/C24H24BN7O/c1-16-6-5-8-19(28-16)24-23(18-10-11-22-26-15-27-32(22)13-18)29-21(30-24)14-31(25)12-17-7-3-4-9-20(17)33-2/h3-11,13,15H,12,14,25H2,1-2H3,(H,29,30). The van der Waals surface area contributed by atoms with E-state index in [4.69, 9.17) is 14.7 Å². The maximum Gasteiger partial charge on any atom is 0.186 e. The summed E-state index contributed by atoms with van der Waals surface area (Å²) >= 11 is 0. The van der Waals surface area contributed by atoms with E-state index in [0.29, 0.717) is 6.54 Å². The van der Waals surface area contributed by atoms with Crippen LogP contribution in [0.1, 0.15) is 17.1 Å². The van der Waals surface area contributed by atoms with Crippen LogP contribution >= 0.6 is 0 Å². The van der Waals surface area contributed by atoms with E-state index in [1.54, 1.807) is 18.0 Å². The molecule has 0 amide bonds. The van der Waals surface area contributed by atoms with Gasteiger partial charge in [-0.05, 0) is 37.3 Å². The average molecular weight is 437 g/mol. The number of methoxy groups -OCH3 is 1. The molecule has 0 atom stereocenters. The summed E-state index contributed by atoms with van der Waals surface area (Å²) in [5.74, 6) is 1.75. The molecule has 1 N–H and O–H groups in total. The number of nitrogens with zero attached hydrogens (tertiary/aromatic N) is 6. The van der Waals surface area contributed by atoms with E-state index in [0.717, 1.165) is 57.7 Å². The van der Waals surface area contributed by atoms with E-state index >= 15 is 0 Å². The predicted molar refractivity (Wildman–Crippen MR) is 129 cm³/mol. The highest BCUT2D eigenvalue weighted by molar-refractivity contribution is 6.04. The Bertz CT molecular complexity index is 1410. The number of aromatic amines is 1. The molecule has 4 aromatic heterocycles. The summed E-state index contributed by atoms with van der Waals surface area (Å²) in [6, 6.07) is 18.0. The molecule has 0 bridgehead atoms. The molecule has 0 saturated carbocycles. The molecule has 164 valence electrons. The number of aryl methyl sites for hydroxylation is 1. The van der Waals surface area contributed by atoms with E-state index in [1.165, 1.54) is 0 Å². The van der Waals surface area contributed by atoms with Crippen molar-refractivity contribution >= 4 is 13.6 Å². The van der Waals surface area contributed by atoms with Crippen molar-refractivity contribution in [3.63, 3.8) is 0 Å². The molecule has 0 spiro atoms. The molecule has 9 heteroatoms. The summed E-state index contributed by atoms with van der Waals surface area (Å²) in [6.07, 6.45) is 3.50. The van der Waals surface area contributed by atoms with Crippen LogP contribution in [0.5, 0.6) is 5.75 Å². The molecular formula is C24H24BN7O. The van der Waals surface area contributed by atoms with Gasteiger partial charge in [-0.15, -0.1) is 0 Å². The Kier molecular flexibility index (Phi) is 5.62. The van der Waals surface area contributed by atoms with Crippen LogP contribution in [-0.4, -0.2) is 49.5 Å². The SMILES string of the molecule is BN(Cc1nc(-c2cccc(C)n2)c(-c2ccc3ncnn3c2)[nH]1)Cc1ccccc1OC. The first kappa shape index (κ1) is 20.9. The van der Waals surface area contributed by atoms with Crippen molar-refractivity contribution in [2.45, 2.75) is 20.0 Å². The quantitative estimate of drug-likeness (QED) is 0.394. The van der Waals surface area contributed by atoms with E-state index in [9.17, 15) is 0 Å². The second-order valence-corrected chi connectivity index (χ2v) is 8.04. The van der Waals surface area contributed by atoms with Gasteiger partial charge < -0.3 is 14.5 Å². The Hall–Kier alpha value is -3.98. The van der Waals surface area contributed by atoms with Crippen molar-refractivity contribution in [1.82, 2.24) is 34.4 Å². The Morgan fingerprint density at radius 2 is 1.91 bits per heavy atom. The number of hydrogen-bond acceptors (Lipinski definition) is 6. The lowest BCUT2D eigenvalue weighted by Gasteiger charge is -2.17. The van der Waals surface area contributed by atoms with Gasteiger partial charge in [0.05, 0.1) is 18.5 Å². The lowest BCUT2D eigenvalue weighted by molar-refractivity contribution is 0.386. The topological polar surface area (TPSA) is 84.2 Å². The number of fused-ring (bicyclic) bond motifs is 1. The zero-order valence-electron chi connectivity index (χ0n) is 18.9. The summed E-state index contributed by atoms with van der Waals surface area (Å²) in [4.78, 5) is 19.6. The van der Waals surface area contributed by atoms with Gasteiger partial charge in [-0.1, -0.05) is 24.3 Å². The highest BCUT2D eigenvalue weighted by Gasteiger charge is 2.17. The molecule has 0 unspecified atom stereocenters. The molecule has 0 aliphatic rings. The minimum Gasteiger partial charge on any atom is -0.496 e. The Morgan fingerprint density at radius 3 is 2.76 bits per heavy atom. The number of benzene rings is 1. The van der Waals surface area contributed by atoms with Crippen LogP contribution in [0.25, 0.3) is 28.3 Å². The van der Waals surface area contributed by atoms with E-state index in [1.807, 2.05) is 61.7 Å². The fraction of sp³-hybridized carbons (Fsp3) is 0.167. The molecule has 0 aliphatic carbocycles. The molecule has 0 aliphatic heterocycles. The highest BCUT2D eigenvalue weighted by Crippen LogP contribution is 2.30.